The van der Waals surface area contributed by atoms with Crippen LogP contribution in [0.15, 0.2) is 34.6 Å². The van der Waals surface area contributed by atoms with Crippen LogP contribution in [0.1, 0.15) is 27.2 Å². The van der Waals surface area contributed by atoms with E-state index < -0.39 is 5.97 Å². The van der Waals surface area contributed by atoms with Gasteiger partial charge in [-0.1, -0.05) is 18.7 Å². The van der Waals surface area contributed by atoms with Gasteiger partial charge in [-0.15, -0.1) is 0 Å². The van der Waals surface area contributed by atoms with Crippen molar-refractivity contribution in [3.05, 3.63) is 29.5 Å². The molecule has 1 unspecified atom stereocenters. The molecule has 0 saturated carbocycles. The topological polar surface area (TPSA) is 105 Å². The molecule has 0 bridgehead atoms. The fourth-order valence-electron chi connectivity index (χ4n) is 3.01. The maximum atomic E-state index is 12.4. The Morgan fingerprint density at radius 1 is 1.25 bits per heavy atom. The van der Waals surface area contributed by atoms with Gasteiger partial charge in [0.1, 0.15) is 5.75 Å². The number of ether oxygens (including phenoxy) is 2. The van der Waals surface area contributed by atoms with Gasteiger partial charge in [0.05, 0.1) is 35.9 Å². The zero-order valence-corrected chi connectivity index (χ0v) is 16.9. The molecule has 0 fully saturated rings. The van der Waals surface area contributed by atoms with Crippen LogP contribution in [0.5, 0.6) is 5.75 Å². The highest BCUT2D eigenvalue weighted by Gasteiger charge is 2.31. The molecule has 0 saturated heterocycles. The molecule has 0 radical (unpaired) electrons. The van der Waals surface area contributed by atoms with Gasteiger partial charge in [-0.2, -0.15) is 0 Å². The van der Waals surface area contributed by atoms with E-state index in [0.717, 1.165) is 16.8 Å². The Hall–Kier alpha value is -2.68. The summed E-state index contributed by atoms with van der Waals surface area (Å²) < 4.78 is 10.7. The molecule has 2 aromatic rings. The summed E-state index contributed by atoms with van der Waals surface area (Å²) in [6.45, 7) is 6.48. The molecule has 1 aromatic heterocycles. The zero-order chi connectivity index (χ0) is 20.1. The van der Waals surface area contributed by atoms with Crippen molar-refractivity contribution < 1.29 is 19.1 Å². The van der Waals surface area contributed by atoms with Crippen molar-refractivity contribution in [2.45, 2.75) is 38.4 Å². The fraction of sp³-hybridized carbons (Fsp3) is 0.421. The zero-order valence-electron chi connectivity index (χ0n) is 16.1. The third kappa shape index (κ3) is 4.41. The normalized spacial score (nSPS) is 16.7. The number of esters is 1. The summed E-state index contributed by atoms with van der Waals surface area (Å²) >= 11 is 1.41. The van der Waals surface area contributed by atoms with Crippen molar-refractivity contribution in [3.63, 3.8) is 0 Å². The van der Waals surface area contributed by atoms with Crippen LogP contribution < -0.4 is 15.4 Å². The van der Waals surface area contributed by atoms with Crippen LogP contribution in [0, 0.1) is 0 Å². The van der Waals surface area contributed by atoms with Gasteiger partial charge in [-0.25, -0.2) is 14.6 Å². The third-order valence-electron chi connectivity index (χ3n) is 4.24. The maximum absolute atomic E-state index is 12.4. The van der Waals surface area contributed by atoms with E-state index in [4.69, 9.17) is 9.47 Å². The molecular formula is C19H24N4O4S. The van der Waals surface area contributed by atoms with Crippen LogP contribution in [0.2, 0.25) is 0 Å². The lowest BCUT2D eigenvalue weighted by Crippen LogP contribution is -2.50. The Labute approximate surface area is 167 Å². The summed E-state index contributed by atoms with van der Waals surface area (Å²) in [5.41, 5.74) is 2.71. The first-order chi connectivity index (χ1) is 13.5. The monoisotopic (exact) mass is 404 g/mol. The molecule has 8 nitrogen and oxygen atoms in total. The van der Waals surface area contributed by atoms with Gasteiger partial charge in [-0.05, 0) is 32.4 Å². The summed E-state index contributed by atoms with van der Waals surface area (Å²) in [4.78, 5) is 32.2. The molecular weight excluding hydrogens is 380 g/mol. The lowest BCUT2D eigenvalue weighted by Gasteiger charge is -2.28. The first-order valence-electron chi connectivity index (χ1n) is 9.28. The van der Waals surface area contributed by atoms with Gasteiger partial charge in [0.15, 0.2) is 5.16 Å². The van der Waals surface area contributed by atoms with E-state index >= 15 is 0 Å². The number of aromatic nitrogens is 2. The van der Waals surface area contributed by atoms with E-state index in [1.165, 1.54) is 11.8 Å². The highest BCUT2D eigenvalue weighted by molar-refractivity contribution is 7.99. The molecule has 1 aliphatic rings. The van der Waals surface area contributed by atoms with Gasteiger partial charge in [-0.3, -0.25) is 0 Å². The predicted octanol–water partition coefficient (Wildman–Crippen LogP) is 2.96. The fourth-order valence-corrected chi connectivity index (χ4v) is 3.86. The minimum Gasteiger partial charge on any atom is -0.494 e. The largest absolute Gasteiger partial charge is 0.494 e. The number of carbonyl (C=O) groups is 2. The molecule has 1 aliphatic heterocycles. The molecule has 28 heavy (non-hydrogen) atoms. The summed E-state index contributed by atoms with van der Waals surface area (Å²) in [5, 5.41) is 6.21. The minimum absolute atomic E-state index is 0.277. The van der Waals surface area contributed by atoms with Crippen molar-refractivity contribution in [1.82, 2.24) is 20.6 Å². The highest BCUT2D eigenvalue weighted by atomic mass is 32.2. The van der Waals surface area contributed by atoms with Gasteiger partial charge in [0, 0.05) is 17.5 Å². The Kier molecular flexibility index (Phi) is 6.45. The number of rotatable bonds is 8. The molecule has 2 amide bonds. The van der Waals surface area contributed by atoms with Crippen LogP contribution in [-0.2, 0) is 9.53 Å². The molecule has 2 heterocycles. The van der Waals surface area contributed by atoms with Crippen LogP contribution in [0.25, 0.3) is 11.0 Å². The second-order valence-electron chi connectivity index (χ2n) is 6.11. The lowest BCUT2D eigenvalue weighted by molar-refractivity contribution is -0.139. The average molecular weight is 404 g/mol. The SMILES string of the molecule is CCOC(=O)C1=C(CSc2nc3ccc(OCC)cc3[nH]2)NC(=O)NC1CC. The van der Waals surface area contributed by atoms with Crippen molar-refractivity contribution >= 4 is 34.8 Å². The number of hydrogen-bond donors (Lipinski definition) is 3. The second kappa shape index (κ2) is 9.01. The first kappa shape index (κ1) is 20.1. The van der Waals surface area contributed by atoms with Crippen LogP contribution in [0.4, 0.5) is 4.79 Å². The molecule has 0 spiro atoms. The van der Waals surface area contributed by atoms with E-state index in [0.29, 0.717) is 35.2 Å². The van der Waals surface area contributed by atoms with Crippen molar-refractivity contribution in [3.8, 4) is 5.75 Å². The number of nitrogens with one attached hydrogen (secondary N) is 3. The number of carbonyl (C=O) groups excluding carboxylic acids is 2. The third-order valence-corrected chi connectivity index (χ3v) is 5.14. The summed E-state index contributed by atoms with van der Waals surface area (Å²) in [7, 11) is 0. The van der Waals surface area contributed by atoms with E-state index in [1.807, 2.05) is 32.0 Å². The van der Waals surface area contributed by atoms with Crippen LogP contribution >= 0.6 is 11.8 Å². The summed E-state index contributed by atoms with van der Waals surface area (Å²) in [6, 6.07) is 4.98. The van der Waals surface area contributed by atoms with E-state index in [1.54, 1.807) is 6.92 Å². The van der Waals surface area contributed by atoms with Gasteiger partial charge >= 0.3 is 12.0 Å². The minimum atomic E-state index is -0.414. The average Bonchev–Trinajstić information content (AvgIpc) is 3.08. The Bertz CT molecular complexity index is 908. The summed E-state index contributed by atoms with van der Waals surface area (Å²) in [6.07, 6.45) is 0.598. The van der Waals surface area contributed by atoms with Crippen LogP contribution in [0.3, 0.4) is 0 Å². The van der Waals surface area contributed by atoms with Gasteiger partial charge < -0.3 is 25.1 Å². The van der Waals surface area contributed by atoms with Gasteiger partial charge in [0.25, 0.3) is 0 Å². The number of amides is 2. The van der Waals surface area contributed by atoms with Crippen molar-refractivity contribution in [1.29, 1.82) is 0 Å². The number of aromatic amines is 1. The number of fused-ring (bicyclic) bond motifs is 1. The predicted molar refractivity (Wildman–Crippen MR) is 107 cm³/mol. The Balaban J connectivity index is 1.82. The van der Waals surface area contributed by atoms with Crippen molar-refractivity contribution in [2.75, 3.05) is 19.0 Å². The van der Waals surface area contributed by atoms with E-state index in [-0.39, 0.29) is 18.7 Å². The first-order valence-corrected chi connectivity index (χ1v) is 10.3. The lowest BCUT2D eigenvalue weighted by atomic mass is 10.0. The summed E-state index contributed by atoms with van der Waals surface area (Å²) in [5.74, 6) is 0.748. The smallest absolute Gasteiger partial charge is 0.337 e. The molecule has 1 aromatic carbocycles. The van der Waals surface area contributed by atoms with E-state index in [2.05, 4.69) is 20.6 Å². The number of nitrogens with zero attached hydrogens (tertiary/aromatic N) is 1. The standard InChI is InChI=1S/C19H24N4O4S/c1-4-12-16(17(24)27-6-3)15(21-18(25)20-12)10-28-19-22-13-8-7-11(26-5-2)9-14(13)23-19/h7-9,12H,4-6,10H2,1-3H3,(H,22,23)(H2,20,21,25). The molecule has 9 heteroatoms. The second-order valence-corrected chi connectivity index (χ2v) is 7.08. The maximum Gasteiger partial charge on any atom is 0.337 e. The molecule has 3 N–H and O–H groups in total. The quantitative estimate of drug-likeness (QED) is 0.461. The highest BCUT2D eigenvalue weighted by Crippen LogP contribution is 2.26. The number of urea groups is 1. The number of hydrogen-bond acceptors (Lipinski definition) is 6. The number of thioether (sulfide) groups is 1. The number of imidazole rings is 1. The Morgan fingerprint density at radius 3 is 2.79 bits per heavy atom. The van der Waals surface area contributed by atoms with Crippen molar-refractivity contribution in [2.24, 2.45) is 0 Å². The Morgan fingerprint density at radius 2 is 2.07 bits per heavy atom. The van der Waals surface area contributed by atoms with Gasteiger partial charge in [0.2, 0.25) is 0 Å². The number of benzene rings is 1. The molecule has 1 atom stereocenters. The van der Waals surface area contributed by atoms with Crippen LogP contribution in [-0.4, -0.2) is 47.0 Å². The molecule has 150 valence electrons. The number of H-pyrrole nitrogens is 1. The molecule has 3 rings (SSSR count). The van der Waals surface area contributed by atoms with E-state index in [9.17, 15) is 9.59 Å². The molecule has 0 aliphatic carbocycles.